The quantitative estimate of drug-likeness (QED) is 0.354. The van der Waals surface area contributed by atoms with Crippen LogP contribution in [0.3, 0.4) is 0 Å². The molecule has 0 radical (unpaired) electrons. The second-order valence-corrected chi connectivity index (χ2v) is 11.9. The molecule has 0 aromatic heterocycles. The van der Waals surface area contributed by atoms with Gasteiger partial charge in [0.05, 0.1) is 63.5 Å². The Hall–Kier alpha value is -1.33. The molecular weight excluding hydrogens is 468 g/mol. The van der Waals surface area contributed by atoms with E-state index in [1.807, 2.05) is 11.8 Å². The number of amides is 2. The number of carboxylic acid groups (broad SMARTS) is 1. The predicted octanol–water partition coefficient (Wildman–Crippen LogP) is -1.00. The van der Waals surface area contributed by atoms with Crippen LogP contribution in [-0.2, 0) is 14.4 Å². The summed E-state index contributed by atoms with van der Waals surface area (Å²) in [5.74, 6) is -2.38. The second kappa shape index (κ2) is 9.37. The molecule has 7 atom stereocenters. The molecule has 186 valence electrons. The maximum atomic E-state index is 13.1. The normalized spacial score (nSPS) is 34.8. The van der Waals surface area contributed by atoms with Gasteiger partial charge in [0.1, 0.15) is 6.04 Å². The lowest BCUT2D eigenvalue weighted by Crippen LogP contribution is -2.64. The highest BCUT2D eigenvalue weighted by Crippen LogP contribution is 2.51. The number of quaternary nitrogens is 1. The lowest BCUT2D eigenvalue weighted by atomic mass is 9.79. The molecule has 4 heterocycles. The SMILES string of the molecule is C[C@@H](O)[C@H]1C(=O)N2C(C(=O)[O-])=C(S[C@@H]3CN[C@H](C(=O)N4CC[C@H]([N+](C)(C)C)C4)C3)[C@H](C)[C@H]12.Cl. The van der Waals surface area contributed by atoms with Crippen LogP contribution < -0.4 is 10.4 Å². The highest BCUT2D eigenvalue weighted by atomic mass is 35.5. The fourth-order valence-corrected chi connectivity index (χ4v) is 7.10. The van der Waals surface area contributed by atoms with E-state index >= 15 is 0 Å². The number of nitrogens with one attached hydrogen (secondary N) is 1. The third kappa shape index (κ3) is 4.52. The van der Waals surface area contributed by atoms with Crippen LogP contribution >= 0.6 is 24.2 Å². The number of aliphatic hydroxyl groups excluding tert-OH is 1. The standard InChI is InChI=1S/C22H34N4O5S.ClH/c1-11-17-16(12(2)27)21(29)25(17)18(22(30)31)19(11)32-14-8-15(23-9-14)20(28)24-7-6-13(10-24)26(3,4)5;/h11-17,23,27H,6-10H2,1-5H3;1H/t11-,12-,13+,14+,15+,16-,17-;/m1./s1. The number of thioether (sulfide) groups is 1. The van der Waals surface area contributed by atoms with E-state index in [1.54, 1.807) is 6.92 Å². The van der Waals surface area contributed by atoms with Crippen LogP contribution in [0.2, 0.25) is 0 Å². The highest BCUT2D eigenvalue weighted by molar-refractivity contribution is 8.03. The van der Waals surface area contributed by atoms with Gasteiger partial charge in [0.25, 0.3) is 0 Å². The summed E-state index contributed by atoms with van der Waals surface area (Å²) in [6, 6.07) is -0.183. The summed E-state index contributed by atoms with van der Waals surface area (Å²) in [4.78, 5) is 41.3. The van der Waals surface area contributed by atoms with Crippen molar-refractivity contribution in [2.75, 3.05) is 40.8 Å². The van der Waals surface area contributed by atoms with Gasteiger partial charge >= 0.3 is 0 Å². The number of carboxylic acids is 1. The Morgan fingerprint density at radius 3 is 2.52 bits per heavy atom. The van der Waals surface area contributed by atoms with Crippen molar-refractivity contribution >= 4 is 42.0 Å². The first-order chi connectivity index (χ1) is 14.9. The summed E-state index contributed by atoms with van der Waals surface area (Å²) in [7, 11) is 6.46. The zero-order valence-electron chi connectivity index (χ0n) is 19.8. The number of hydrogen-bond donors (Lipinski definition) is 2. The number of hydrogen-bond acceptors (Lipinski definition) is 7. The van der Waals surface area contributed by atoms with Gasteiger partial charge < -0.3 is 34.6 Å². The summed E-state index contributed by atoms with van der Waals surface area (Å²) in [6.45, 7) is 5.59. The van der Waals surface area contributed by atoms with Gasteiger partial charge in [-0.05, 0) is 13.3 Å². The summed E-state index contributed by atoms with van der Waals surface area (Å²) in [5, 5.41) is 25.2. The van der Waals surface area contributed by atoms with Crippen molar-refractivity contribution in [3.8, 4) is 0 Å². The van der Waals surface area contributed by atoms with Gasteiger partial charge in [0, 0.05) is 35.6 Å². The third-order valence-electron chi connectivity index (χ3n) is 7.55. The van der Waals surface area contributed by atoms with Crippen molar-refractivity contribution in [2.24, 2.45) is 11.8 Å². The molecule has 2 amide bonds. The molecule has 0 aliphatic carbocycles. The van der Waals surface area contributed by atoms with E-state index in [9.17, 15) is 24.6 Å². The van der Waals surface area contributed by atoms with Crippen LogP contribution in [0.15, 0.2) is 10.6 Å². The minimum absolute atomic E-state index is 0. The Morgan fingerprint density at radius 2 is 1.97 bits per heavy atom. The summed E-state index contributed by atoms with van der Waals surface area (Å²) < 4.78 is 0.836. The number of likely N-dealkylation sites (tertiary alicyclic amines) is 1. The van der Waals surface area contributed by atoms with Crippen LogP contribution in [-0.4, -0.2) is 107 Å². The maximum Gasteiger partial charge on any atom is 0.239 e. The molecule has 33 heavy (non-hydrogen) atoms. The Kier molecular flexibility index (Phi) is 7.46. The highest BCUT2D eigenvalue weighted by Gasteiger charge is 2.59. The molecule has 0 aromatic rings. The van der Waals surface area contributed by atoms with Gasteiger partial charge in [0.15, 0.2) is 0 Å². The number of likely N-dealkylation sites (N-methyl/N-ethyl adjacent to an activating group) is 1. The number of rotatable bonds is 6. The van der Waals surface area contributed by atoms with Gasteiger partial charge in [-0.15, -0.1) is 24.2 Å². The Bertz CT molecular complexity index is 860. The molecule has 3 fully saturated rings. The zero-order chi connectivity index (χ0) is 23.5. The maximum absolute atomic E-state index is 13.1. The molecule has 9 nitrogen and oxygen atoms in total. The topological polar surface area (TPSA) is 113 Å². The van der Waals surface area contributed by atoms with Gasteiger partial charge in [0.2, 0.25) is 11.8 Å². The molecule has 4 aliphatic rings. The van der Waals surface area contributed by atoms with Crippen molar-refractivity contribution in [1.82, 2.24) is 15.1 Å². The van der Waals surface area contributed by atoms with Crippen LogP contribution in [0.4, 0.5) is 0 Å². The van der Waals surface area contributed by atoms with Crippen LogP contribution in [0.5, 0.6) is 0 Å². The molecule has 4 rings (SSSR count). The lowest BCUT2D eigenvalue weighted by Gasteiger charge is -2.47. The van der Waals surface area contributed by atoms with Crippen LogP contribution in [0, 0.1) is 11.8 Å². The first-order valence-corrected chi connectivity index (χ1v) is 12.3. The molecule has 4 aliphatic heterocycles. The minimum atomic E-state index is -1.36. The number of β-lactam (4-membered cyclic amide) rings is 1. The van der Waals surface area contributed by atoms with Gasteiger partial charge in [-0.3, -0.25) is 9.59 Å². The summed E-state index contributed by atoms with van der Waals surface area (Å²) in [5.41, 5.74) is -0.0606. The van der Waals surface area contributed by atoms with Gasteiger partial charge in [-0.2, -0.15) is 0 Å². The Balaban J connectivity index is 0.00000306. The van der Waals surface area contributed by atoms with Gasteiger partial charge in [-0.25, -0.2) is 0 Å². The Morgan fingerprint density at radius 1 is 1.30 bits per heavy atom. The van der Waals surface area contributed by atoms with E-state index < -0.39 is 18.0 Å². The molecule has 3 saturated heterocycles. The fourth-order valence-electron chi connectivity index (χ4n) is 5.62. The zero-order valence-corrected chi connectivity index (χ0v) is 21.4. The number of carbonyl (C=O) groups excluding carboxylic acids is 3. The number of aliphatic carboxylic acids is 1. The fraction of sp³-hybridized carbons (Fsp3) is 0.773. The molecule has 0 saturated carbocycles. The average molecular weight is 503 g/mol. The van der Waals surface area contributed by atoms with E-state index in [0.29, 0.717) is 23.9 Å². The number of fused-ring (bicyclic) bond motifs is 1. The minimum Gasteiger partial charge on any atom is -0.543 e. The van der Waals surface area contributed by atoms with Crippen molar-refractivity contribution in [3.05, 3.63) is 10.6 Å². The number of carbonyl (C=O) groups is 3. The van der Waals surface area contributed by atoms with Crippen molar-refractivity contribution in [2.45, 2.75) is 56.2 Å². The first kappa shape index (κ1) is 26.3. The van der Waals surface area contributed by atoms with E-state index in [2.05, 4.69) is 26.5 Å². The predicted molar refractivity (Wildman–Crippen MR) is 125 cm³/mol. The smallest absolute Gasteiger partial charge is 0.239 e. The average Bonchev–Trinajstić information content (AvgIpc) is 3.40. The van der Waals surface area contributed by atoms with E-state index in [0.717, 1.165) is 24.0 Å². The van der Waals surface area contributed by atoms with E-state index in [1.165, 1.54) is 16.7 Å². The molecule has 0 spiro atoms. The van der Waals surface area contributed by atoms with Crippen LogP contribution in [0.25, 0.3) is 0 Å². The van der Waals surface area contributed by atoms with Crippen molar-refractivity contribution in [3.63, 3.8) is 0 Å². The van der Waals surface area contributed by atoms with Crippen molar-refractivity contribution < 1.29 is 29.1 Å². The molecular formula is C22H35ClN4O5S. The monoisotopic (exact) mass is 502 g/mol. The van der Waals surface area contributed by atoms with Crippen molar-refractivity contribution in [1.29, 1.82) is 0 Å². The third-order valence-corrected chi connectivity index (χ3v) is 9.07. The van der Waals surface area contributed by atoms with E-state index in [4.69, 9.17) is 0 Å². The molecule has 0 unspecified atom stereocenters. The molecule has 2 N–H and O–H groups in total. The molecule has 11 heteroatoms. The number of aliphatic hydroxyl groups is 1. The first-order valence-electron chi connectivity index (χ1n) is 11.4. The molecule has 0 bridgehead atoms. The molecule has 0 aromatic carbocycles. The lowest BCUT2D eigenvalue weighted by molar-refractivity contribution is -0.893. The van der Waals surface area contributed by atoms with Gasteiger partial charge in [-0.1, -0.05) is 6.92 Å². The Labute approximate surface area is 205 Å². The van der Waals surface area contributed by atoms with Crippen LogP contribution in [0.1, 0.15) is 26.7 Å². The summed E-state index contributed by atoms with van der Waals surface area (Å²) in [6.07, 6.45) is 0.781. The number of nitrogens with zero attached hydrogens (tertiary/aromatic N) is 3. The van der Waals surface area contributed by atoms with E-state index in [-0.39, 0.29) is 53.2 Å². The number of halogens is 1. The largest absolute Gasteiger partial charge is 0.543 e. The summed E-state index contributed by atoms with van der Waals surface area (Å²) >= 11 is 1.44. The second-order valence-electron chi connectivity index (χ2n) is 10.5.